The number of hydrogen-bond donors (Lipinski definition) is 1. The number of nitrogens with two attached hydrogens (primary N) is 1. The van der Waals surface area contributed by atoms with Crippen molar-refractivity contribution >= 4 is 5.91 Å². The van der Waals surface area contributed by atoms with E-state index in [1.807, 2.05) is 32.7 Å². The molecule has 4 nitrogen and oxygen atoms in total. The molecule has 0 aromatic rings. The standard InChI is InChI=1S/C12H27N3O/c1-6-15(7-2)12(16)11(4)14(5)10(3)8-9-13/h10-11H,6-9,13H2,1-5H3. The molecule has 0 heterocycles. The fraction of sp³-hybridized carbons (Fsp3) is 0.917. The van der Waals surface area contributed by atoms with Crippen LogP contribution in [0.5, 0.6) is 0 Å². The molecule has 0 aromatic carbocycles. The van der Waals surface area contributed by atoms with Gasteiger partial charge in [-0.15, -0.1) is 0 Å². The fourth-order valence-electron chi connectivity index (χ4n) is 1.80. The van der Waals surface area contributed by atoms with Crippen molar-refractivity contribution in [2.24, 2.45) is 5.73 Å². The third kappa shape index (κ3) is 4.10. The van der Waals surface area contributed by atoms with Crippen molar-refractivity contribution in [1.29, 1.82) is 0 Å². The van der Waals surface area contributed by atoms with Crippen molar-refractivity contribution in [3.8, 4) is 0 Å². The number of carbonyl (C=O) groups excluding carboxylic acids is 1. The van der Waals surface area contributed by atoms with Crippen molar-refractivity contribution in [1.82, 2.24) is 9.80 Å². The highest BCUT2D eigenvalue weighted by molar-refractivity contribution is 5.81. The predicted octanol–water partition coefficient (Wildman–Crippen LogP) is 0.912. The van der Waals surface area contributed by atoms with Crippen molar-refractivity contribution in [2.45, 2.75) is 46.2 Å². The molecule has 0 fully saturated rings. The lowest BCUT2D eigenvalue weighted by molar-refractivity contribution is -0.136. The molecular formula is C12H27N3O. The van der Waals surface area contributed by atoms with E-state index in [1.54, 1.807) is 0 Å². The molecule has 0 rings (SSSR count). The highest BCUT2D eigenvalue weighted by Crippen LogP contribution is 2.08. The Morgan fingerprint density at radius 1 is 1.25 bits per heavy atom. The predicted molar refractivity (Wildman–Crippen MR) is 68.3 cm³/mol. The Labute approximate surface area is 99.8 Å². The Morgan fingerprint density at radius 3 is 2.12 bits per heavy atom. The molecule has 96 valence electrons. The number of nitrogens with zero attached hydrogens (tertiary/aromatic N) is 2. The summed E-state index contributed by atoms with van der Waals surface area (Å²) in [4.78, 5) is 16.1. The molecule has 2 atom stereocenters. The van der Waals surface area contributed by atoms with Crippen molar-refractivity contribution in [3.05, 3.63) is 0 Å². The molecule has 1 amide bonds. The lowest BCUT2D eigenvalue weighted by Gasteiger charge is -2.33. The Kier molecular flexibility index (Phi) is 7.34. The third-order valence-corrected chi connectivity index (χ3v) is 3.32. The molecule has 0 bridgehead atoms. The van der Waals surface area contributed by atoms with Crippen LogP contribution in [-0.2, 0) is 4.79 Å². The summed E-state index contributed by atoms with van der Waals surface area (Å²) in [6, 6.07) is 0.279. The summed E-state index contributed by atoms with van der Waals surface area (Å²) in [6.07, 6.45) is 0.923. The quantitative estimate of drug-likeness (QED) is 0.706. The topological polar surface area (TPSA) is 49.6 Å². The number of carbonyl (C=O) groups is 1. The molecule has 2 unspecified atom stereocenters. The zero-order valence-corrected chi connectivity index (χ0v) is 11.4. The van der Waals surface area contributed by atoms with Crippen LogP contribution in [-0.4, -0.2) is 54.5 Å². The molecule has 0 aliphatic rings. The van der Waals surface area contributed by atoms with Crippen molar-refractivity contribution in [3.63, 3.8) is 0 Å². The summed E-state index contributed by atoms with van der Waals surface area (Å²) in [5.41, 5.74) is 5.53. The Bertz CT molecular complexity index is 204. The Morgan fingerprint density at radius 2 is 1.75 bits per heavy atom. The van der Waals surface area contributed by atoms with Crippen LogP contribution in [0.1, 0.15) is 34.1 Å². The normalized spacial score (nSPS) is 14.9. The summed E-state index contributed by atoms with van der Waals surface area (Å²) < 4.78 is 0. The first-order chi connectivity index (χ1) is 7.49. The van der Waals surface area contributed by atoms with Gasteiger partial charge in [0.05, 0.1) is 6.04 Å². The van der Waals surface area contributed by atoms with Gasteiger partial charge >= 0.3 is 0 Å². The largest absolute Gasteiger partial charge is 0.342 e. The molecule has 0 spiro atoms. The maximum absolute atomic E-state index is 12.1. The van der Waals surface area contributed by atoms with Gasteiger partial charge in [-0.25, -0.2) is 0 Å². The van der Waals surface area contributed by atoms with Gasteiger partial charge < -0.3 is 10.6 Å². The molecule has 16 heavy (non-hydrogen) atoms. The first-order valence-corrected chi connectivity index (χ1v) is 6.20. The summed E-state index contributed by atoms with van der Waals surface area (Å²) in [5, 5.41) is 0. The van der Waals surface area contributed by atoms with Crippen molar-refractivity contribution < 1.29 is 4.79 Å². The first-order valence-electron chi connectivity index (χ1n) is 6.20. The number of hydrogen-bond acceptors (Lipinski definition) is 3. The average Bonchev–Trinajstić information content (AvgIpc) is 2.28. The SMILES string of the molecule is CCN(CC)C(=O)C(C)N(C)C(C)CCN. The van der Waals surface area contributed by atoms with E-state index in [1.165, 1.54) is 0 Å². The zero-order chi connectivity index (χ0) is 12.7. The van der Waals surface area contributed by atoms with Gasteiger partial charge in [-0.1, -0.05) is 0 Å². The molecule has 0 aromatic heterocycles. The van der Waals surface area contributed by atoms with Crippen LogP contribution in [0, 0.1) is 0 Å². The highest BCUT2D eigenvalue weighted by atomic mass is 16.2. The van der Waals surface area contributed by atoms with Crippen LogP contribution >= 0.6 is 0 Å². The minimum atomic E-state index is -0.0681. The molecule has 4 heteroatoms. The molecule has 0 aliphatic heterocycles. The van der Waals surface area contributed by atoms with Crippen molar-refractivity contribution in [2.75, 3.05) is 26.7 Å². The van der Waals surface area contributed by atoms with E-state index in [0.717, 1.165) is 19.5 Å². The van der Waals surface area contributed by atoms with Gasteiger partial charge in [-0.2, -0.15) is 0 Å². The van der Waals surface area contributed by atoms with Gasteiger partial charge in [0, 0.05) is 19.1 Å². The van der Waals surface area contributed by atoms with E-state index in [-0.39, 0.29) is 11.9 Å². The van der Waals surface area contributed by atoms with Gasteiger partial charge in [0.1, 0.15) is 0 Å². The minimum Gasteiger partial charge on any atom is -0.342 e. The Balaban J connectivity index is 4.41. The molecule has 0 radical (unpaired) electrons. The Hall–Kier alpha value is -0.610. The van der Waals surface area contributed by atoms with Gasteiger partial charge in [0.15, 0.2) is 0 Å². The summed E-state index contributed by atoms with van der Waals surface area (Å²) in [7, 11) is 1.99. The zero-order valence-electron chi connectivity index (χ0n) is 11.4. The van der Waals surface area contributed by atoms with Crippen LogP contribution in [0.2, 0.25) is 0 Å². The summed E-state index contributed by atoms with van der Waals surface area (Å²) >= 11 is 0. The third-order valence-electron chi connectivity index (χ3n) is 3.32. The van der Waals surface area contributed by atoms with E-state index in [2.05, 4.69) is 11.8 Å². The fourth-order valence-corrected chi connectivity index (χ4v) is 1.80. The highest BCUT2D eigenvalue weighted by Gasteiger charge is 2.24. The monoisotopic (exact) mass is 229 g/mol. The van der Waals surface area contributed by atoms with E-state index in [9.17, 15) is 4.79 Å². The van der Waals surface area contributed by atoms with Crippen LogP contribution < -0.4 is 5.73 Å². The van der Waals surface area contributed by atoms with Gasteiger partial charge in [-0.3, -0.25) is 9.69 Å². The van der Waals surface area contributed by atoms with E-state index in [0.29, 0.717) is 12.6 Å². The van der Waals surface area contributed by atoms with E-state index < -0.39 is 0 Å². The maximum atomic E-state index is 12.1. The molecule has 2 N–H and O–H groups in total. The average molecular weight is 229 g/mol. The van der Waals surface area contributed by atoms with E-state index in [4.69, 9.17) is 5.73 Å². The second-order valence-corrected chi connectivity index (χ2v) is 4.28. The van der Waals surface area contributed by atoms with Crippen LogP contribution in [0.25, 0.3) is 0 Å². The number of rotatable bonds is 7. The lowest BCUT2D eigenvalue weighted by Crippen LogP contribution is -2.48. The minimum absolute atomic E-state index is 0.0681. The van der Waals surface area contributed by atoms with E-state index >= 15 is 0 Å². The second-order valence-electron chi connectivity index (χ2n) is 4.28. The van der Waals surface area contributed by atoms with Gasteiger partial charge in [0.2, 0.25) is 5.91 Å². The van der Waals surface area contributed by atoms with Crippen LogP contribution in [0.4, 0.5) is 0 Å². The van der Waals surface area contributed by atoms with Gasteiger partial charge in [0.25, 0.3) is 0 Å². The lowest BCUT2D eigenvalue weighted by atomic mass is 10.1. The summed E-state index contributed by atoms with van der Waals surface area (Å²) in [6.45, 7) is 10.3. The van der Waals surface area contributed by atoms with Crippen LogP contribution in [0.15, 0.2) is 0 Å². The first kappa shape index (κ1) is 15.4. The maximum Gasteiger partial charge on any atom is 0.239 e. The second kappa shape index (κ2) is 7.63. The molecule has 0 aliphatic carbocycles. The number of likely N-dealkylation sites (N-methyl/N-ethyl adjacent to an activating group) is 2. The summed E-state index contributed by atoms with van der Waals surface area (Å²) in [5.74, 6) is 0.205. The van der Waals surface area contributed by atoms with Crippen LogP contribution in [0.3, 0.4) is 0 Å². The number of amides is 1. The molecule has 0 saturated carbocycles. The smallest absolute Gasteiger partial charge is 0.239 e. The molecule has 0 saturated heterocycles. The van der Waals surface area contributed by atoms with Gasteiger partial charge in [-0.05, 0) is 47.7 Å². The molecular weight excluding hydrogens is 202 g/mol.